The second kappa shape index (κ2) is 2.18. The third-order valence-electron chi connectivity index (χ3n) is 5.03. The van der Waals surface area contributed by atoms with Gasteiger partial charge in [-0.05, 0) is 30.1 Å². The minimum absolute atomic E-state index is 0.0347. The number of carbonyl (C=O) groups excluding carboxylic acids is 2. The lowest BCUT2D eigenvalue weighted by Crippen LogP contribution is -2.50. The second-order valence-corrected chi connectivity index (χ2v) is 5.39. The molecule has 78 valence electrons. The fourth-order valence-electron chi connectivity index (χ4n) is 4.44. The first kappa shape index (κ1) is 8.08. The number of hydrogen-bond acceptors (Lipinski definition) is 2. The molecule has 2 saturated carbocycles. The average molecular weight is 203 g/mol. The van der Waals surface area contributed by atoms with E-state index in [0.717, 1.165) is 0 Å². The maximum absolute atomic E-state index is 11.9. The van der Waals surface area contributed by atoms with E-state index in [0.29, 0.717) is 23.7 Å². The van der Waals surface area contributed by atoms with Crippen LogP contribution in [-0.4, -0.2) is 23.8 Å². The van der Waals surface area contributed by atoms with Gasteiger partial charge in [0.15, 0.2) is 0 Å². The van der Waals surface area contributed by atoms with E-state index in [9.17, 15) is 9.59 Å². The van der Waals surface area contributed by atoms with Crippen molar-refractivity contribution in [3.63, 3.8) is 0 Å². The summed E-state index contributed by atoms with van der Waals surface area (Å²) in [6.45, 7) is 0. The molecule has 4 aliphatic rings. The van der Waals surface area contributed by atoms with Crippen LogP contribution in [0.1, 0.15) is 6.42 Å². The number of allylic oxidation sites excluding steroid dienone is 2. The van der Waals surface area contributed by atoms with Crippen molar-refractivity contribution in [2.24, 2.45) is 35.5 Å². The molecule has 0 aromatic heterocycles. The number of fused-ring (bicyclic) bond motifs is 8. The number of rotatable bonds is 0. The summed E-state index contributed by atoms with van der Waals surface area (Å²) < 4.78 is 0. The van der Waals surface area contributed by atoms with Crippen LogP contribution in [0.25, 0.3) is 0 Å². The summed E-state index contributed by atoms with van der Waals surface area (Å²) in [4.78, 5) is 25.1. The lowest BCUT2D eigenvalue weighted by atomic mass is 9.54. The Balaban J connectivity index is 1.79. The van der Waals surface area contributed by atoms with Crippen LogP contribution in [0, 0.1) is 35.5 Å². The van der Waals surface area contributed by atoms with Crippen molar-refractivity contribution in [1.82, 2.24) is 4.90 Å². The molecule has 1 saturated heterocycles. The van der Waals surface area contributed by atoms with Gasteiger partial charge in [-0.3, -0.25) is 14.5 Å². The van der Waals surface area contributed by atoms with E-state index in [-0.39, 0.29) is 23.7 Å². The fourth-order valence-corrected chi connectivity index (χ4v) is 4.44. The first-order valence-electron chi connectivity index (χ1n) is 5.70. The molecule has 4 rings (SSSR count). The van der Waals surface area contributed by atoms with Crippen molar-refractivity contribution in [1.29, 1.82) is 0 Å². The van der Waals surface area contributed by atoms with Gasteiger partial charge in [0.05, 0.1) is 11.8 Å². The summed E-state index contributed by atoms with van der Waals surface area (Å²) in [5, 5.41) is 0. The summed E-state index contributed by atoms with van der Waals surface area (Å²) >= 11 is 0. The quantitative estimate of drug-likeness (QED) is 0.428. The third kappa shape index (κ3) is 0.665. The minimum atomic E-state index is 0.0347. The highest BCUT2D eigenvalue weighted by Crippen LogP contribution is 2.66. The zero-order chi connectivity index (χ0) is 10.3. The molecule has 3 nitrogen and oxygen atoms in total. The van der Waals surface area contributed by atoms with Crippen LogP contribution < -0.4 is 0 Å². The van der Waals surface area contributed by atoms with E-state index in [4.69, 9.17) is 0 Å². The Morgan fingerprint density at radius 1 is 1.07 bits per heavy atom. The third-order valence-corrected chi connectivity index (χ3v) is 5.03. The zero-order valence-electron chi connectivity index (χ0n) is 8.59. The maximum Gasteiger partial charge on any atom is 0.233 e. The highest BCUT2D eigenvalue weighted by molar-refractivity contribution is 6.06. The Bertz CT molecular complexity index is 378. The molecule has 6 unspecified atom stereocenters. The van der Waals surface area contributed by atoms with E-state index in [1.54, 1.807) is 7.05 Å². The molecule has 2 amide bonds. The molecule has 0 aromatic rings. The van der Waals surface area contributed by atoms with Gasteiger partial charge in [0, 0.05) is 7.05 Å². The highest BCUT2D eigenvalue weighted by atomic mass is 16.2. The molecule has 3 heteroatoms. The van der Waals surface area contributed by atoms with Gasteiger partial charge in [-0.1, -0.05) is 12.2 Å². The van der Waals surface area contributed by atoms with Crippen LogP contribution in [0.15, 0.2) is 12.2 Å². The summed E-state index contributed by atoms with van der Waals surface area (Å²) in [6.07, 6.45) is 5.71. The van der Waals surface area contributed by atoms with Crippen molar-refractivity contribution < 1.29 is 9.59 Å². The Labute approximate surface area is 88.1 Å². The normalized spacial score (nSPS) is 54.6. The van der Waals surface area contributed by atoms with Crippen molar-refractivity contribution in [2.45, 2.75) is 6.42 Å². The lowest BCUT2D eigenvalue weighted by molar-refractivity contribution is -0.137. The van der Waals surface area contributed by atoms with Gasteiger partial charge in [-0.15, -0.1) is 0 Å². The van der Waals surface area contributed by atoms with E-state index < -0.39 is 0 Å². The number of likely N-dealkylation sites (tertiary alicyclic amines) is 1. The molecule has 0 aromatic carbocycles. The molecule has 2 bridgehead atoms. The van der Waals surface area contributed by atoms with Gasteiger partial charge in [0.25, 0.3) is 0 Å². The van der Waals surface area contributed by atoms with Crippen LogP contribution in [0.2, 0.25) is 0 Å². The van der Waals surface area contributed by atoms with Gasteiger partial charge in [0.2, 0.25) is 11.8 Å². The van der Waals surface area contributed by atoms with Crippen LogP contribution in [0.4, 0.5) is 0 Å². The number of amides is 2. The average Bonchev–Trinajstić information content (AvgIpc) is 2.76. The Hall–Kier alpha value is -1.12. The molecular weight excluding hydrogens is 190 g/mol. The topological polar surface area (TPSA) is 37.4 Å². The van der Waals surface area contributed by atoms with E-state index in [1.165, 1.54) is 11.3 Å². The largest absolute Gasteiger partial charge is 0.285 e. The number of nitrogens with zero attached hydrogens (tertiary/aromatic N) is 1. The molecule has 1 aliphatic heterocycles. The van der Waals surface area contributed by atoms with E-state index >= 15 is 0 Å². The number of hydrogen-bond donors (Lipinski definition) is 0. The summed E-state index contributed by atoms with van der Waals surface area (Å²) in [6, 6.07) is 0. The van der Waals surface area contributed by atoms with Crippen LogP contribution in [0.3, 0.4) is 0 Å². The standard InChI is InChI=1S/C12H13NO2/c1-13-11(14)9-7-5-2-3-6(4-5)8(7)10(9)12(13)15/h2-3,5-10H,4H2,1H3. The molecular formula is C12H13NO2. The lowest BCUT2D eigenvalue weighted by Gasteiger charge is -2.46. The van der Waals surface area contributed by atoms with E-state index in [2.05, 4.69) is 12.2 Å². The van der Waals surface area contributed by atoms with Crippen molar-refractivity contribution in [2.75, 3.05) is 7.05 Å². The number of carbonyl (C=O) groups is 2. The Kier molecular flexibility index (Phi) is 1.17. The molecule has 1 heterocycles. The molecule has 3 aliphatic carbocycles. The zero-order valence-corrected chi connectivity index (χ0v) is 8.59. The van der Waals surface area contributed by atoms with Crippen molar-refractivity contribution >= 4 is 11.8 Å². The fraction of sp³-hybridized carbons (Fsp3) is 0.667. The molecule has 0 spiro atoms. The minimum Gasteiger partial charge on any atom is -0.285 e. The van der Waals surface area contributed by atoms with Gasteiger partial charge < -0.3 is 0 Å². The van der Waals surface area contributed by atoms with Gasteiger partial charge in [-0.2, -0.15) is 0 Å². The first-order valence-corrected chi connectivity index (χ1v) is 5.70. The van der Waals surface area contributed by atoms with Crippen molar-refractivity contribution in [3.8, 4) is 0 Å². The molecule has 15 heavy (non-hydrogen) atoms. The summed E-state index contributed by atoms with van der Waals surface area (Å²) in [5.41, 5.74) is 0. The molecule has 0 radical (unpaired) electrons. The van der Waals surface area contributed by atoms with Crippen LogP contribution in [0.5, 0.6) is 0 Å². The van der Waals surface area contributed by atoms with Gasteiger partial charge in [-0.25, -0.2) is 0 Å². The predicted octanol–water partition coefficient (Wildman–Crippen LogP) is 0.669. The monoisotopic (exact) mass is 203 g/mol. The van der Waals surface area contributed by atoms with Gasteiger partial charge in [0.1, 0.15) is 0 Å². The van der Waals surface area contributed by atoms with E-state index in [1.807, 2.05) is 0 Å². The van der Waals surface area contributed by atoms with Crippen LogP contribution >= 0.6 is 0 Å². The second-order valence-electron chi connectivity index (χ2n) is 5.39. The maximum atomic E-state index is 11.9. The highest BCUT2D eigenvalue weighted by Gasteiger charge is 2.69. The Morgan fingerprint density at radius 3 is 2.00 bits per heavy atom. The number of imide groups is 1. The molecule has 3 fully saturated rings. The molecule has 6 atom stereocenters. The SMILES string of the molecule is CN1C(=O)C2C(C1=O)C1C3C=CC(C3)C21. The first-order chi connectivity index (χ1) is 7.20. The smallest absolute Gasteiger partial charge is 0.233 e. The Morgan fingerprint density at radius 2 is 1.53 bits per heavy atom. The molecule has 0 N–H and O–H groups in total. The van der Waals surface area contributed by atoms with Crippen molar-refractivity contribution in [3.05, 3.63) is 12.2 Å². The summed E-state index contributed by atoms with van der Waals surface area (Å²) in [5.74, 6) is 2.38. The predicted molar refractivity (Wildman–Crippen MR) is 52.5 cm³/mol. The summed E-state index contributed by atoms with van der Waals surface area (Å²) in [7, 11) is 1.63. The van der Waals surface area contributed by atoms with Gasteiger partial charge >= 0.3 is 0 Å². The van der Waals surface area contributed by atoms with Crippen LogP contribution in [-0.2, 0) is 9.59 Å².